The summed E-state index contributed by atoms with van der Waals surface area (Å²) in [5.74, 6) is -2.27. The second kappa shape index (κ2) is 10.2. The zero-order valence-electron chi connectivity index (χ0n) is 20.8. The Morgan fingerprint density at radius 1 is 1.05 bits per heavy atom. The van der Waals surface area contributed by atoms with Crippen molar-refractivity contribution < 1.29 is 19.2 Å². The molecular formula is C28H20ClN3O6S2. The van der Waals surface area contributed by atoms with Gasteiger partial charge in [0.05, 0.1) is 21.6 Å². The number of anilines is 1. The van der Waals surface area contributed by atoms with Gasteiger partial charge in [0.1, 0.15) is 17.6 Å². The molecule has 3 aromatic carbocycles. The summed E-state index contributed by atoms with van der Waals surface area (Å²) in [6.45, 7) is 2.02. The predicted molar refractivity (Wildman–Crippen MR) is 152 cm³/mol. The van der Waals surface area contributed by atoms with E-state index in [1.54, 1.807) is 30.3 Å². The first kappa shape index (κ1) is 26.3. The number of rotatable bonds is 6. The molecule has 2 amide bonds. The van der Waals surface area contributed by atoms with Crippen LogP contribution in [-0.2, 0) is 16.2 Å². The summed E-state index contributed by atoms with van der Waals surface area (Å²) in [5, 5.41) is 12.0. The number of hydrogen-bond donors (Lipinski definition) is 1. The van der Waals surface area contributed by atoms with Crippen molar-refractivity contribution in [3.05, 3.63) is 113 Å². The number of nitrogens with zero attached hydrogens (tertiary/aromatic N) is 2. The van der Waals surface area contributed by atoms with Gasteiger partial charge in [0.25, 0.3) is 5.69 Å². The number of amides is 2. The summed E-state index contributed by atoms with van der Waals surface area (Å²) in [5.41, 5.74) is 2.36. The molecule has 9 nitrogen and oxygen atoms in total. The van der Waals surface area contributed by atoms with Gasteiger partial charge in [0.2, 0.25) is 11.8 Å². The fourth-order valence-electron chi connectivity index (χ4n) is 5.11. The van der Waals surface area contributed by atoms with E-state index < -0.39 is 33.8 Å². The molecule has 0 saturated carbocycles. The van der Waals surface area contributed by atoms with Gasteiger partial charge in [-0.25, -0.2) is 4.90 Å². The quantitative estimate of drug-likeness (QED) is 0.173. The lowest BCUT2D eigenvalue weighted by atomic mass is 9.82. The molecule has 4 aromatic rings. The Balaban J connectivity index is 1.48. The van der Waals surface area contributed by atoms with Crippen molar-refractivity contribution >= 4 is 57.9 Å². The first-order valence-electron chi connectivity index (χ1n) is 12.2. The summed E-state index contributed by atoms with van der Waals surface area (Å²) < 4.78 is 6.14. The number of halogens is 1. The molecule has 0 bridgehead atoms. The fourth-order valence-corrected chi connectivity index (χ4v) is 7.83. The third kappa shape index (κ3) is 4.59. The van der Waals surface area contributed by atoms with Crippen molar-refractivity contribution in [3.63, 3.8) is 0 Å². The van der Waals surface area contributed by atoms with E-state index >= 15 is 0 Å². The Kier molecular flexibility index (Phi) is 6.73. The number of nitrogens with one attached hydrogen (secondary N) is 1. The Labute approximate surface area is 240 Å². The topological polar surface area (TPSA) is 123 Å². The normalized spacial score (nSPS) is 19.9. The van der Waals surface area contributed by atoms with Crippen LogP contribution in [0.1, 0.15) is 27.5 Å². The van der Waals surface area contributed by atoms with E-state index in [0.717, 1.165) is 34.2 Å². The maximum atomic E-state index is 14.0. The van der Waals surface area contributed by atoms with Gasteiger partial charge in [-0.1, -0.05) is 64.5 Å². The second-order valence-corrected chi connectivity index (χ2v) is 12.1. The summed E-state index contributed by atoms with van der Waals surface area (Å²) in [7, 11) is 0. The molecule has 0 spiro atoms. The number of imide groups is 1. The number of carbonyl (C=O) groups is 2. The first-order valence-corrected chi connectivity index (χ1v) is 14.3. The Bertz CT molecular complexity index is 1730. The van der Waals surface area contributed by atoms with Crippen LogP contribution in [0.2, 0.25) is 5.02 Å². The molecule has 0 radical (unpaired) electrons. The molecule has 2 aliphatic rings. The van der Waals surface area contributed by atoms with Crippen LogP contribution in [0.15, 0.2) is 76.6 Å². The Morgan fingerprint density at radius 3 is 2.55 bits per heavy atom. The summed E-state index contributed by atoms with van der Waals surface area (Å²) in [4.78, 5) is 55.5. The molecule has 3 heterocycles. The first-order chi connectivity index (χ1) is 19.2. The van der Waals surface area contributed by atoms with Gasteiger partial charge in [-0.3, -0.25) is 24.5 Å². The fraction of sp³-hybridized carbons (Fsp3) is 0.179. The van der Waals surface area contributed by atoms with Crippen molar-refractivity contribution in [2.75, 3.05) is 4.90 Å². The minimum atomic E-state index is -0.909. The Morgan fingerprint density at radius 2 is 1.82 bits per heavy atom. The number of benzene rings is 3. The van der Waals surface area contributed by atoms with Gasteiger partial charge in [-0.15, -0.1) is 0 Å². The molecule has 12 heteroatoms. The van der Waals surface area contributed by atoms with Crippen molar-refractivity contribution in [3.8, 4) is 5.75 Å². The molecule has 6 rings (SSSR count). The van der Waals surface area contributed by atoms with E-state index in [2.05, 4.69) is 4.98 Å². The number of ether oxygens (including phenoxy) is 1. The van der Waals surface area contributed by atoms with Gasteiger partial charge in [0, 0.05) is 33.5 Å². The SMILES string of the molecule is Cc1ccc(N2C(=O)C3Sc4[nH]c(=O)sc4[C@H](c4cc([N+](=O)[O-])ccc4OCc4cccc(Cl)c4)C3C2=O)cc1. The number of fused-ring (bicyclic) bond motifs is 2. The van der Waals surface area contributed by atoms with Gasteiger partial charge < -0.3 is 9.72 Å². The van der Waals surface area contributed by atoms with Gasteiger partial charge in [-0.2, -0.15) is 0 Å². The standard InChI is InChI=1S/C28H20ClN3O6S2/c1-14-5-7-17(8-6-14)31-26(33)22-21(23-25(30-28(35)40-23)39-24(22)27(31)34)19-12-18(32(36)37)9-10-20(19)38-13-15-3-2-4-16(29)11-15/h2-12,21-22,24H,13H2,1H3,(H,30,35)/t21-,22?,24?/m1/s1. The lowest BCUT2D eigenvalue weighted by Crippen LogP contribution is -2.32. The molecule has 202 valence electrons. The molecule has 1 N–H and O–H groups in total. The maximum Gasteiger partial charge on any atom is 0.305 e. The van der Waals surface area contributed by atoms with Crippen LogP contribution in [-0.4, -0.2) is 27.0 Å². The van der Waals surface area contributed by atoms with Gasteiger partial charge in [0.15, 0.2) is 0 Å². The third-order valence-corrected chi connectivity index (χ3v) is 9.57. The summed E-state index contributed by atoms with van der Waals surface area (Å²) >= 11 is 8.19. The van der Waals surface area contributed by atoms with Crippen molar-refractivity contribution in [2.45, 2.75) is 29.7 Å². The van der Waals surface area contributed by atoms with Crippen LogP contribution in [0.25, 0.3) is 0 Å². The molecule has 3 atom stereocenters. The molecule has 2 unspecified atom stereocenters. The Hall–Kier alpha value is -3.93. The van der Waals surface area contributed by atoms with Crippen LogP contribution in [0, 0.1) is 23.0 Å². The van der Waals surface area contributed by atoms with Crippen molar-refractivity contribution in [1.82, 2.24) is 4.98 Å². The smallest absolute Gasteiger partial charge is 0.305 e. The largest absolute Gasteiger partial charge is 0.489 e. The lowest BCUT2D eigenvalue weighted by molar-refractivity contribution is -0.385. The number of carbonyl (C=O) groups excluding carboxylic acids is 2. The number of hydrogen-bond acceptors (Lipinski definition) is 8. The average molecular weight is 594 g/mol. The van der Waals surface area contributed by atoms with E-state index in [-0.39, 0.29) is 17.2 Å². The van der Waals surface area contributed by atoms with Crippen LogP contribution in [0.5, 0.6) is 5.75 Å². The zero-order valence-corrected chi connectivity index (χ0v) is 23.2. The summed E-state index contributed by atoms with van der Waals surface area (Å²) in [6, 6.07) is 18.3. The highest BCUT2D eigenvalue weighted by Crippen LogP contribution is 2.55. The van der Waals surface area contributed by atoms with Gasteiger partial charge in [-0.05, 0) is 42.8 Å². The number of nitro groups is 1. The predicted octanol–water partition coefficient (Wildman–Crippen LogP) is 5.68. The minimum Gasteiger partial charge on any atom is -0.489 e. The minimum absolute atomic E-state index is 0.111. The number of aryl methyl sites for hydroxylation is 1. The van der Waals surface area contributed by atoms with E-state index in [9.17, 15) is 24.5 Å². The van der Waals surface area contributed by atoms with Crippen molar-refractivity contribution in [1.29, 1.82) is 0 Å². The maximum absolute atomic E-state index is 14.0. The van der Waals surface area contributed by atoms with Gasteiger partial charge >= 0.3 is 4.87 Å². The lowest BCUT2D eigenvalue weighted by Gasteiger charge is -2.30. The molecule has 0 aliphatic carbocycles. The highest BCUT2D eigenvalue weighted by atomic mass is 35.5. The molecule has 1 saturated heterocycles. The van der Waals surface area contributed by atoms with E-state index in [0.29, 0.717) is 31.9 Å². The highest BCUT2D eigenvalue weighted by Gasteiger charge is 2.57. The molecule has 2 aliphatic heterocycles. The number of aromatic amines is 1. The summed E-state index contributed by atoms with van der Waals surface area (Å²) in [6.07, 6.45) is 0. The monoisotopic (exact) mass is 593 g/mol. The second-order valence-electron chi connectivity index (χ2n) is 9.50. The van der Waals surface area contributed by atoms with E-state index in [4.69, 9.17) is 16.3 Å². The third-order valence-electron chi connectivity index (χ3n) is 6.94. The number of thioether (sulfide) groups is 1. The average Bonchev–Trinajstić information content (AvgIpc) is 3.42. The van der Waals surface area contributed by atoms with Crippen LogP contribution in [0.4, 0.5) is 11.4 Å². The molecule has 1 fully saturated rings. The van der Waals surface area contributed by atoms with Crippen molar-refractivity contribution in [2.24, 2.45) is 5.92 Å². The molecule has 1 aromatic heterocycles. The van der Waals surface area contributed by atoms with Crippen LogP contribution < -0.4 is 14.5 Å². The number of H-pyrrole nitrogens is 1. The van der Waals surface area contributed by atoms with Crippen LogP contribution >= 0.6 is 34.7 Å². The molecule has 40 heavy (non-hydrogen) atoms. The number of thiazole rings is 1. The zero-order chi connectivity index (χ0) is 28.1. The van der Waals surface area contributed by atoms with E-state index in [1.165, 1.54) is 23.1 Å². The highest BCUT2D eigenvalue weighted by molar-refractivity contribution is 8.00. The van der Waals surface area contributed by atoms with E-state index in [1.807, 2.05) is 25.1 Å². The number of nitro benzene ring substituents is 1. The number of non-ortho nitro benzene ring substituents is 1. The molecular weight excluding hydrogens is 574 g/mol. The van der Waals surface area contributed by atoms with Crippen LogP contribution in [0.3, 0.4) is 0 Å². The number of aromatic nitrogens is 1.